The molecule has 4 unspecified atom stereocenters. The maximum absolute atomic E-state index is 14.2. The Morgan fingerprint density at radius 3 is 2.42 bits per heavy atom. The van der Waals surface area contributed by atoms with E-state index < -0.39 is 22.2 Å². The fourth-order valence-corrected chi connectivity index (χ4v) is 14.1. The second-order valence-corrected chi connectivity index (χ2v) is 18.3. The van der Waals surface area contributed by atoms with Crippen molar-refractivity contribution in [2.75, 3.05) is 26.2 Å². The average Bonchev–Trinajstić information content (AvgIpc) is 3.91. The van der Waals surface area contributed by atoms with Gasteiger partial charge in [0.05, 0.1) is 23.7 Å². The summed E-state index contributed by atoms with van der Waals surface area (Å²) in [6, 6.07) is -0.0653. The highest BCUT2D eigenvalue weighted by molar-refractivity contribution is 5.90. The van der Waals surface area contributed by atoms with Gasteiger partial charge in [0.1, 0.15) is 11.7 Å². The number of nitrogens with zero attached hydrogens (tertiary/aromatic N) is 2. The predicted molar refractivity (Wildman–Crippen MR) is 185 cm³/mol. The van der Waals surface area contributed by atoms with E-state index in [4.69, 9.17) is 4.74 Å². The molecule has 0 radical (unpaired) electrons. The first-order chi connectivity index (χ1) is 23.2. The summed E-state index contributed by atoms with van der Waals surface area (Å²) in [5.74, 6) is 1.77. The van der Waals surface area contributed by atoms with E-state index in [1.807, 2.05) is 0 Å². The quantitative estimate of drug-likeness (QED) is 0.209. The minimum atomic E-state index is -1.19. The average molecular weight is 663 g/mol. The molecule has 7 heteroatoms. The van der Waals surface area contributed by atoms with Crippen LogP contribution in [0.3, 0.4) is 0 Å². The lowest BCUT2D eigenvalue weighted by atomic mass is 9.41. The van der Waals surface area contributed by atoms with Crippen molar-refractivity contribution < 1.29 is 24.2 Å². The number of amides is 1. The molecule has 0 aromatic heterocycles. The monoisotopic (exact) mass is 662 g/mol. The summed E-state index contributed by atoms with van der Waals surface area (Å²) in [5.41, 5.74) is -1.63. The van der Waals surface area contributed by atoms with Gasteiger partial charge in [-0.3, -0.25) is 14.5 Å². The number of piperidine rings is 2. The molecule has 3 heterocycles. The SMILES string of the molecule is CC(C)C1=CC2CC3(C=O)[C@@H]4CC[C@@H](C)[C@H]4CC2([C@H]2C[C@@H](CC4CCCC4)[C@H](CN4CCCCC4C(=O)N4CCCCC4)O2)[C@]13C(=O)O. The van der Waals surface area contributed by atoms with Gasteiger partial charge in [0.25, 0.3) is 0 Å². The molecule has 1 N–H and O–H groups in total. The number of likely N-dealkylation sites (tertiary alicyclic amines) is 2. The predicted octanol–water partition coefficient (Wildman–Crippen LogP) is 7.13. The maximum atomic E-state index is 14.2. The molecule has 0 spiro atoms. The Morgan fingerprint density at radius 1 is 0.979 bits per heavy atom. The number of carboxylic acids is 1. The molecule has 3 aliphatic heterocycles. The fraction of sp³-hybridized carbons (Fsp3) is 0.878. The van der Waals surface area contributed by atoms with Crippen LogP contribution in [-0.2, 0) is 19.1 Å². The third kappa shape index (κ3) is 4.60. The third-order valence-electron chi connectivity index (χ3n) is 16.0. The zero-order valence-electron chi connectivity index (χ0n) is 30.0. The van der Waals surface area contributed by atoms with Crippen molar-refractivity contribution in [1.82, 2.24) is 9.80 Å². The van der Waals surface area contributed by atoms with Crippen LogP contribution in [0.2, 0.25) is 0 Å². The van der Waals surface area contributed by atoms with E-state index in [0.29, 0.717) is 36.0 Å². The van der Waals surface area contributed by atoms with Gasteiger partial charge < -0.3 is 19.5 Å². The minimum absolute atomic E-state index is 0.00238. The topological polar surface area (TPSA) is 87.2 Å². The van der Waals surface area contributed by atoms with Crippen LogP contribution in [0.25, 0.3) is 0 Å². The molecule has 4 bridgehead atoms. The number of carboxylic acid groups (broad SMARTS) is 1. The van der Waals surface area contributed by atoms with Crippen LogP contribution in [0.15, 0.2) is 11.6 Å². The van der Waals surface area contributed by atoms with Crippen molar-refractivity contribution in [1.29, 1.82) is 0 Å². The Bertz CT molecular complexity index is 1300. The normalized spacial score (nSPS) is 45.9. The number of aliphatic carboxylic acids is 1. The number of allylic oxidation sites excluding steroid dienone is 1. The van der Waals surface area contributed by atoms with Crippen LogP contribution in [0, 0.1) is 57.7 Å². The number of hydrogen-bond acceptors (Lipinski definition) is 5. The molecule has 11 atom stereocenters. The summed E-state index contributed by atoms with van der Waals surface area (Å²) in [5, 5.41) is 11.7. The number of aldehydes is 1. The largest absolute Gasteiger partial charge is 0.481 e. The van der Waals surface area contributed by atoms with E-state index in [1.165, 1.54) is 32.1 Å². The van der Waals surface area contributed by atoms with E-state index in [-0.39, 0.29) is 36.0 Å². The van der Waals surface area contributed by atoms with E-state index >= 15 is 0 Å². The molecular weight excluding hydrogens is 600 g/mol. The van der Waals surface area contributed by atoms with Gasteiger partial charge in [0.2, 0.25) is 5.91 Å². The molecule has 4 saturated carbocycles. The number of ether oxygens (including phenoxy) is 1. The molecule has 266 valence electrons. The first-order valence-electron chi connectivity index (χ1n) is 20.3. The molecule has 7 nitrogen and oxygen atoms in total. The summed E-state index contributed by atoms with van der Waals surface area (Å²) >= 11 is 0. The van der Waals surface area contributed by atoms with Crippen molar-refractivity contribution in [2.45, 2.75) is 142 Å². The van der Waals surface area contributed by atoms with Crippen LogP contribution >= 0.6 is 0 Å². The van der Waals surface area contributed by atoms with Gasteiger partial charge in [0, 0.05) is 25.0 Å². The highest BCUT2D eigenvalue weighted by Gasteiger charge is 2.86. The zero-order valence-corrected chi connectivity index (χ0v) is 30.0. The van der Waals surface area contributed by atoms with Gasteiger partial charge in [-0.2, -0.15) is 0 Å². The number of hydrogen-bond donors (Lipinski definition) is 1. The lowest BCUT2D eigenvalue weighted by Crippen LogP contribution is -2.65. The van der Waals surface area contributed by atoms with Crippen LogP contribution in [0.5, 0.6) is 0 Å². The summed E-state index contributed by atoms with van der Waals surface area (Å²) in [6.07, 6.45) is 20.7. The second kappa shape index (κ2) is 12.5. The molecular formula is C41H62N2O5. The number of rotatable bonds is 9. The summed E-state index contributed by atoms with van der Waals surface area (Å²) in [6.45, 7) is 10.1. The van der Waals surface area contributed by atoms with Crippen LogP contribution in [0.1, 0.15) is 124 Å². The molecule has 5 aliphatic carbocycles. The Morgan fingerprint density at radius 2 is 1.71 bits per heavy atom. The number of fused-ring (bicyclic) bond motifs is 2. The van der Waals surface area contributed by atoms with E-state index in [2.05, 4.69) is 36.6 Å². The molecule has 8 rings (SSSR count). The number of carbonyl (C=O) groups is 3. The Labute approximate surface area is 289 Å². The van der Waals surface area contributed by atoms with Gasteiger partial charge in [-0.05, 0) is 112 Å². The van der Waals surface area contributed by atoms with E-state index in [9.17, 15) is 19.5 Å². The Kier molecular flexibility index (Phi) is 8.70. The van der Waals surface area contributed by atoms with Crippen LogP contribution in [-0.4, -0.2) is 77.5 Å². The summed E-state index contributed by atoms with van der Waals surface area (Å²) < 4.78 is 7.50. The summed E-state index contributed by atoms with van der Waals surface area (Å²) in [7, 11) is 0. The minimum Gasteiger partial charge on any atom is -0.481 e. The highest BCUT2D eigenvalue weighted by Crippen LogP contribution is 2.84. The van der Waals surface area contributed by atoms with Crippen LogP contribution in [0.4, 0.5) is 0 Å². The number of carbonyl (C=O) groups excluding carboxylic acids is 2. The van der Waals surface area contributed by atoms with Gasteiger partial charge in [-0.15, -0.1) is 0 Å². The van der Waals surface area contributed by atoms with Crippen molar-refractivity contribution in [3.63, 3.8) is 0 Å². The molecule has 8 aliphatic rings. The van der Waals surface area contributed by atoms with Gasteiger partial charge in [-0.1, -0.05) is 70.9 Å². The first kappa shape index (κ1) is 33.4. The highest BCUT2D eigenvalue weighted by atomic mass is 16.5. The smallest absolute Gasteiger partial charge is 0.315 e. The maximum Gasteiger partial charge on any atom is 0.315 e. The van der Waals surface area contributed by atoms with Gasteiger partial charge in [0.15, 0.2) is 0 Å². The molecule has 0 aromatic rings. The van der Waals surface area contributed by atoms with E-state index in [1.54, 1.807) is 0 Å². The molecule has 48 heavy (non-hydrogen) atoms. The van der Waals surface area contributed by atoms with Crippen molar-refractivity contribution in [3.05, 3.63) is 11.6 Å². The van der Waals surface area contributed by atoms with Gasteiger partial charge >= 0.3 is 5.97 Å². The van der Waals surface area contributed by atoms with E-state index in [0.717, 1.165) is 102 Å². The Balaban J connectivity index is 1.16. The lowest BCUT2D eigenvalue weighted by molar-refractivity contribution is -0.198. The summed E-state index contributed by atoms with van der Waals surface area (Å²) in [4.78, 5) is 46.5. The molecule has 7 fully saturated rings. The second-order valence-electron chi connectivity index (χ2n) is 18.3. The van der Waals surface area contributed by atoms with Gasteiger partial charge in [-0.25, -0.2) is 0 Å². The lowest BCUT2D eigenvalue weighted by Gasteiger charge is -2.60. The molecule has 0 aromatic carbocycles. The molecule has 1 amide bonds. The van der Waals surface area contributed by atoms with Crippen molar-refractivity contribution in [3.8, 4) is 0 Å². The standard InChI is InChI=1S/C41H62N2O5/c1-26(2)33-21-30-22-39(25-44)32-15-14-27(3)31(32)23-40(30,41(33,39)38(46)47)36-20-29(19-28-11-5-6-12-28)35(48-36)24-43-18-10-7-13-34(43)37(45)42-16-8-4-9-17-42/h21,25-32,34-36H,4-20,22-24H2,1-3H3,(H,46,47)/t27-,29-,30?,31-,32-,34?,35+,36-,39?,40?,41+/m1/s1. The van der Waals surface area contributed by atoms with Crippen molar-refractivity contribution >= 4 is 18.2 Å². The van der Waals surface area contributed by atoms with Crippen LogP contribution < -0.4 is 0 Å². The third-order valence-corrected chi connectivity index (χ3v) is 16.0. The zero-order chi connectivity index (χ0) is 33.4. The first-order valence-corrected chi connectivity index (χ1v) is 20.3. The van der Waals surface area contributed by atoms with Crippen molar-refractivity contribution in [2.24, 2.45) is 57.7 Å². The fourth-order valence-electron chi connectivity index (χ4n) is 14.1. The molecule has 3 saturated heterocycles. The Hall–Kier alpha value is -1.73.